The van der Waals surface area contributed by atoms with E-state index in [1.807, 2.05) is 48.5 Å². The number of rotatable bonds is 7. The second kappa shape index (κ2) is 12.8. The Kier molecular flexibility index (Phi) is 9.08. The fourth-order valence-corrected chi connectivity index (χ4v) is 8.72. The zero-order valence-corrected chi connectivity index (χ0v) is 26.1. The molecule has 0 bridgehead atoms. The number of amides is 1. The van der Waals surface area contributed by atoms with E-state index in [1.165, 1.54) is 5.57 Å². The van der Waals surface area contributed by atoms with Crippen LogP contribution in [0.15, 0.2) is 59.2 Å². The molecule has 2 aromatic rings. The van der Waals surface area contributed by atoms with Crippen molar-refractivity contribution < 1.29 is 13.2 Å². The Morgan fingerprint density at radius 3 is 2.29 bits per heavy atom. The highest BCUT2D eigenvalue weighted by Gasteiger charge is 2.44. The predicted molar refractivity (Wildman–Crippen MR) is 169 cm³/mol. The number of sulfonamides is 1. The lowest BCUT2D eigenvalue weighted by Crippen LogP contribution is -2.43. The van der Waals surface area contributed by atoms with Crippen LogP contribution in [0.3, 0.4) is 0 Å². The molecule has 1 saturated carbocycles. The molecule has 6 rings (SSSR count). The molecular weight excluding hydrogens is 591 g/mol. The maximum atomic E-state index is 13.9. The fourth-order valence-electron chi connectivity index (χ4n) is 6.93. The molecule has 2 atom stereocenters. The van der Waals surface area contributed by atoms with Crippen LogP contribution in [-0.4, -0.2) is 72.7 Å². The Bertz CT molecular complexity index is 1450. The highest BCUT2D eigenvalue weighted by molar-refractivity contribution is 7.89. The van der Waals surface area contributed by atoms with E-state index in [1.54, 1.807) is 9.31 Å². The molecule has 7 nitrogen and oxygen atoms in total. The zero-order chi connectivity index (χ0) is 29.3. The van der Waals surface area contributed by atoms with E-state index in [2.05, 4.69) is 11.0 Å². The second-order valence-electron chi connectivity index (χ2n) is 12.0. The van der Waals surface area contributed by atoms with Gasteiger partial charge in [-0.25, -0.2) is 17.7 Å². The van der Waals surface area contributed by atoms with Crippen molar-refractivity contribution in [1.29, 1.82) is 0 Å². The average molecular weight is 630 g/mol. The van der Waals surface area contributed by atoms with Gasteiger partial charge in [0.05, 0.1) is 24.1 Å². The van der Waals surface area contributed by atoms with Crippen LogP contribution in [0.2, 0.25) is 10.0 Å². The van der Waals surface area contributed by atoms with Crippen LogP contribution in [0.5, 0.6) is 0 Å². The summed E-state index contributed by atoms with van der Waals surface area (Å²) in [4.78, 5) is 16.1. The van der Waals surface area contributed by atoms with Crippen molar-refractivity contribution >= 4 is 50.9 Å². The number of carbonyl (C=O) groups is 1. The van der Waals surface area contributed by atoms with Gasteiger partial charge in [0.1, 0.15) is 0 Å². The topological polar surface area (TPSA) is 73.3 Å². The lowest BCUT2D eigenvalue weighted by molar-refractivity contribution is -0.135. The van der Waals surface area contributed by atoms with Gasteiger partial charge in [0.2, 0.25) is 10.0 Å². The van der Waals surface area contributed by atoms with Gasteiger partial charge in [0.15, 0.2) is 0 Å². The molecule has 2 aromatic carbocycles. The summed E-state index contributed by atoms with van der Waals surface area (Å²) in [5.41, 5.74) is 4.33. The Balaban J connectivity index is 1.15. The van der Waals surface area contributed by atoms with E-state index in [4.69, 9.17) is 28.3 Å². The molecule has 42 heavy (non-hydrogen) atoms. The van der Waals surface area contributed by atoms with Gasteiger partial charge in [-0.1, -0.05) is 47.5 Å². The number of benzene rings is 2. The summed E-state index contributed by atoms with van der Waals surface area (Å²) < 4.78 is 25.9. The molecule has 0 N–H and O–H groups in total. The van der Waals surface area contributed by atoms with E-state index in [0.29, 0.717) is 35.6 Å². The van der Waals surface area contributed by atoms with Crippen LogP contribution in [0.25, 0.3) is 6.08 Å². The Morgan fingerprint density at radius 1 is 0.929 bits per heavy atom. The number of fused-ring (bicyclic) bond motifs is 1. The number of likely N-dealkylation sites (tertiary alicyclic amines) is 1. The van der Waals surface area contributed by atoms with E-state index < -0.39 is 10.0 Å². The Hall–Kier alpha value is -2.23. The monoisotopic (exact) mass is 628 g/mol. The number of hydrazone groups is 1. The molecule has 4 aliphatic rings. The van der Waals surface area contributed by atoms with Crippen LogP contribution < -0.4 is 0 Å². The smallest absolute Gasteiger partial charge is 0.257 e. The molecule has 10 heteroatoms. The first-order chi connectivity index (χ1) is 20.3. The summed E-state index contributed by atoms with van der Waals surface area (Å²) in [6.45, 7) is 3.28. The minimum Gasteiger partial charge on any atom is -0.294 e. The molecule has 1 aliphatic carbocycles. The molecule has 0 spiro atoms. The third-order valence-corrected chi connectivity index (χ3v) is 11.7. The Labute approximate surface area is 259 Å². The minimum atomic E-state index is -3.04. The normalized spacial score (nSPS) is 26.0. The molecule has 0 aromatic heterocycles. The first kappa shape index (κ1) is 29.8. The first-order valence-electron chi connectivity index (χ1n) is 15.1. The summed E-state index contributed by atoms with van der Waals surface area (Å²) >= 11 is 12.3. The number of halogens is 2. The van der Waals surface area contributed by atoms with Gasteiger partial charge in [-0.3, -0.25) is 9.69 Å². The predicted octanol–water partition coefficient (Wildman–Crippen LogP) is 6.25. The van der Waals surface area contributed by atoms with E-state index in [9.17, 15) is 13.2 Å². The SMILES string of the molecule is O=C(CN1CCC(CCN2CCCS2(=O)=O)CC1)N1N=C2/C(=C\c3ccc(Cl)cc3)CCCC2C1c1ccc(Cl)cc1. The molecule has 2 unspecified atom stereocenters. The third kappa shape index (κ3) is 6.63. The lowest BCUT2D eigenvalue weighted by Gasteiger charge is -2.34. The number of piperidine rings is 1. The van der Waals surface area contributed by atoms with Crippen LogP contribution in [0.4, 0.5) is 0 Å². The number of nitrogens with zero attached hydrogens (tertiary/aromatic N) is 4. The zero-order valence-electron chi connectivity index (χ0n) is 23.8. The number of hydrogen-bond acceptors (Lipinski definition) is 5. The highest BCUT2D eigenvalue weighted by Crippen LogP contribution is 2.44. The minimum absolute atomic E-state index is 0.0179. The largest absolute Gasteiger partial charge is 0.294 e. The van der Waals surface area contributed by atoms with Crippen molar-refractivity contribution in [3.63, 3.8) is 0 Å². The van der Waals surface area contributed by atoms with Gasteiger partial charge in [-0.05, 0) is 111 Å². The van der Waals surface area contributed by atoms with Crippen LogP contribution >= 0.6 is 23.2 Å². The Morgan fingerprint density at radius 2 is 1.62 bits per heavy atom. The van der Waals surface area contributed by atoms with Crippen molar-refractivity contribution in [3.8, 4) is 0 Å². The summed E-state index contributed by atoms with van der Waals surface area (Å²) in [6, 6.07) is 15.5. The summed E-state index contributed by atoms with van der Waals surface area (Å²) in [5.74, 6) is 0.925. The van der Waals surface area contributed by atoms with Gasteiger partial charge in [-0.2, -0.15) is 5.10 Å². The van der Waals surface area contributed by atoms with Gasteiger partial charge >= 0.3 is 0 Å². The van der Waals surface area contributed by atoms with Crippen molar-refractivity contribution in [2.24, 2.45) is 16.9 Å². The molecule has 0 radical (unpaired) electrons. The summed E-state index contributed by atoms with van der Waals surface area (Å²) in [5, 5.41) is 8.16. The van der Waals surface area contributed by atoms with Gasteiger partial charge < -0.3 is 0 Å². The van der Waals surface area contributed by atoms with Crippen molar-refractivity contribution in [3.05, 3.63) is 75.3 Å². The molecule has 3 fully saturated rings. The van der Waals surface area contributed by atoms with Crippen molar-refractivity contribution in [2.75, 3.05) is 38.5 Å². The van der Waals surface area contributed by atoms with Crippen LogP contribution in [0.1, 0.15) is 62.1 Å². The first-order valence-corrected chi connectivity index (χ1v) is 17.5. The maximum absolute atomic E-state index is 13.9. The van der Waals surface area contributed by atoms with Gasteiger partial charge in [-0.15, -0.1) is 0 Å². The maximum Gasteiger partial charge on any atom is 0.257 e. The molecule has 1 amide bonds. The van der Waals surface area contributed by atoms with Crippen LogP contribution in [-0.2, 0) is 14.8 Å². The van der Waals surface area contributed by atoms with Gasteiger partial charge in [0.25, 0.3) is 5.91 Å². The number of allylic oxidation sites excluding steroid dienone is 1. The standard InChI is InChI=1S/C32H38Cl2N4O3S/c33-27-9-5-24(6-10-27)21-26-3-1-4-29-31(26)35-38(32(29)25-7-11-28(34)12-8-25)30(39)22-36-17-13-23(14-18-36)15-19-37-16-2-20-42(37,40)41/h5-12,21,23,29,32H,1-4,13-20,22H2/b26-21-. The van der Waals surface area contributed by atoms with Gasteiger partial charge in [0, 0.05) is 29.1 Å². The summed E-state index contributed by atoms with van der Waals surface area (Å²) in [7, 11) is -3.04. The quantitative estimate of drug-likeness (QED) is 0.363. The molecule has 224 valence electrons. The van der Waals surface area contributed by atoms with E-state index in [0.717, 1.165) is 74.9 Å². The van der Waals surface area contributed by atoms with Crippen molar-refractivity contribution in [1.82, 2.24) is 14.2 Å². The molecular formula is C32H38Cl2N4O3S. The molecule has 2 saturated heterocycles. The van der Waals surface area contributed by atoms with E-state index >= 15 is 0 Å². The average Bonchev–Trinajstić information content (AvgIpc) is 3.54. The summed E-state index contributed by atoms with van der Waals surface area (Å²) in [6.07, 6.45) is 8.73. The fraction of sp³-hybridized carbons (Fsp3) is 0.500. The molecule has 3 heterocycles. The van der Waals surface area contributed by atoms with Crippen molar-refractivity contribution in [2.45, 2.75) is 51.0 Å². The number of hydrogen-bond donors (Lipinski definition) is 0. The molecule has 3 aliphatic heterocycles. The van der Waals surface area contributed by atoms with E-state index in [-0.39, 0.29) is 23.6 Å². The number of carbonyl (C=O) groups excluding carboxylic acids is 1. The lowest BCUT2D eigenvalue weighted by atomic mass is 9.77. The second-order valence-corrected chi connectivity index (χ2v) is 15.0. The third-order valence-electron chi connectivity index (χ3n) is 9.24. The highest BCUT2D eigenvalue weighted by atomic mass is 35.5. The van der Waals surface area contributed by atoms with Crippen LogP contribution in [0, 0.1) is 11.8 Å².